The summed E-state index contributed by atoms with van der Waals surface area (Å²) < 4.78 is 42.8. The van der Waals surface area contributed by atoms with Gasteiger partial charge in [-0.2, -0.15) is 13.2 Å². The van der Waals surface area contributed by atoms with Crippen molar-refractivity contribution in [1.82, 2.24) is 5.32 Å². The van der Waals surface area contributed by atoms with Crippen molar-refractivity contribution in [2.45, 2.75) is 24.7 Å². The first-order valence-electron chi connectivity index (χ1n) is 6.34. The van der Waals surface area contributed by atoms with Crippen LogP contribution >= 0.6 is 0 Å². The number of anilines is 1. The maximum absolute atomic E-state index is 12.5. The summed E-state index contributed by atoms with van der Waals surface area (Å²) in [5, 5.41) is 3.16. The molecule has 2 fully saturated rings. The lowest BCUT2D eigenvalue weighted by Crippen LogP contribution is -2.49. The molecule has 2 unspecified atom stereocenters. The maximum Gasteiger partial charge on any atom is 0.416 e. The number of carbonyl (C=O) groups is 1. The highest BCUT2D eigenvalue weighted by molar-refractivity contribution is 5.90. The minimum Gasteiger partial charge on any atom is -0.444 e. The summed E-state index contributed by atoms with van der Waals surface area (Å²) in [6.45, 7) is 1.35. The van der Waals surface area contributed by atoms with Crippen molar-refractivity contribution in [1.29, 1.82) is 0 Å². The minimum atomic E-state index is -4.38. The summed E-state index contributed by atoms with van der Waals surface area (Å²) in [7, 11) is 0. The fourth-order valence-corrected chi connectivity index (χ4v) is 2.64. The average Bonchev–Trinajstić information content (AvgIpc) is 2.73. The number of nitrogens with zero attached hydrogens (tertiary/aromatic N) is 1. The highest BCUT2D eigenvalue weighted by Crippen LogP contribution is 2.33. The van der Waals surface area contributed by atoms with Gasteiger partial charge in [0.1, 0.15) is 6.10 Å². The van der Waals surface area contributed by atoms with Crippen LogP contribution < -0.4 is 10.2 Å². The van der Waals surface area contributed by atoms with Crippen molar-refractivity contribution < 1.29 is 22.7 Å². The number of hydrogen-bond acceptors (Lipinski definition) is 3. The van der Waals surface area contributed by atoms with Crippen LogP contribution in [0.3, 0.4) is 0 Å². The van der Waals surface area contributed by atoms with Gasteiger partial charge in [0, 0.05) is 12.2 Å². The van der Waals surface area contributed by atoms with Gasteiger partial charge in [-0.3, -0.25) is 4.90 Å². The molecule has 4 nitrogen and oxygen atoms in total. The lowest BCUT2D eigenvalue weighted by Gasteiger charge is -2.28. The largest absolute Gasteiger partial charge is 0.444 e. The number of alkyl halides is 3. The average molecular weight is 286 g/mol. The molecule has 20 heavy (non-hydrogen) atoms. The number of amides is 1. The molecule has 0 bridgehead atoms. The molecule has 0 spiro atoms. The Morgan fingerprint density at radius 2 is 1.95 bits per heavy atom. The maximum atomic E-state index is 12.5. The smallest absolute Gasteiger partial charge is 0.416 e. The number of rotatable bonds is 1. The lowest BCUT2D eigenvalue weighted by molar-refractivity contribution is -0.137. The molecule has 2 atom stereocenters. The van der Waals surface area contributed by atoms with E-state index in [1.54, 1.807) is 0 Å². The fourth-order valence-electron chi connectivity index (χ4n) is 2.64. The number of benzene rings is 1. The molecule has 0 saturated carbocycles. The Labute approximate surface area is 113 Å². The SMILES string of the molecule is O=C1OC2CCNCC2N1c1ccc(C(F)(F)F)cc1. The standard InChI is InChI=1S/C13H13F3N2O2/c14-13(15,16)8-1-3-9(4-2-8)18-10-7-17-6-5-11(10)20-12(18)19/h1-4,10-11,17H,5-7H2. The molecule has 3 rings (SSSR count). The van der Waals surface area contributed by atoms with E-state index in [2.05, 4.69) is 5.32 Å². The van der Waals surface area contributed by atoms with Gasteiger partial charge in [-0.25, -0.2) is 4.79 Å². The monoisotopic (exact) mass is 286 g/mol. The summed E-state index contributed by atoms with van der Waals surface area (Å²) in [5.74, 6) is 0. The van der Waals surface area contributed by atoms with Crippen molar-refractivity contribution in [2.75, 3.05) is 18.0 Å². The van der Waals surface area contributed by atoms with Crippen LogP contribution in [0.5, 0.6) is 0 Å². The second kappa shape index (κ2) is 4.66. The molecule has 0 aliphatic carbocycles. The van der Waals surface area contributed by atoms with Crippen LogP contribution in [0.2, 0.25) is 0 Å². The van der Waals surface area contributed by atoms with Gasteiger partial charge in [0.25, 0.3) is 0 Å². The van der Waals surface area contributed by atoms with E-state index in [-0.39, 0.29) is 12.1 Å². The third kappa shape index (κ3) is 2.22. The van der Waals surface area contributed by atoms with E-state index in [0.29, 0.717) is 18.7 Å². The van der Waals surface area contributed by atoms with Gasteiger partial charge in [-0.05, 0) is 37.2 Å². The predicted molar refractivity (Wildman–Crippen MR) is 65.5 cm³/mol. The van der Waals surface area contributed by atoms with E-state index in [1.807, 2.05) is 0 Å². The first kappa shape index (κ1) is 13.2. The molecule has 0 aromatic heterocycles. The van der Waals surface area contributed by atoms with Gasteiger partial charge in [0.2, 0.25) is 0 Å². The number of carbonyl (C=O) groups excluding carboxylic acids is 1. The van der Waals surface area contributed by atoms with Gasteiger partial charge in [-0.15, -0.1) is 0 Å². The van der Waals surface area contributed by atoms with E-state index in [9.17, 15) is 18.0 Å². The van der Waals surface area contributed by atoms with E-state index in [1.165, 1.54) is 17.0 Å². The lowest BCUT2D eigenvalue weighted by atomic mass is 10.0. The van der Waals surface area contributed by atoms with Crippen LogP contribution in [0, 0.1) is 0 Å². The zero-order valence-electron chi connectivity index (χ0n) is 10.5. The topological polar surface area (TPSA) is 41.6 Å². The Morgan fingerprint density at radius 3 is 2.60 bits per heavy atom. The molecule has 108 valence electrons. The number of hydrogen-bond donors (Lipinski definition) is 1. The van der Waals surface area contributed by atoms with E-state index < -0.39 is 17.8 Å². The summed E-state index contributed by atoms with van der Waals surface area (Å²) in [6, 6.07) is 4.41. The number of halogens is 3. The van der Waals surface area contributed by atoms with Crippen LogP contribution in [0.1, 0.15) is 12.0 Å². The summed E-state index contributed by atoms with van der Waals surface area (Å²) >= 11 is 0. The van der Waals surface area contributed by atoms with E-state index in [0.717, 1.165) is 18.7 Å². The van der Waals surface area contributed by atoms with E-state index >= 15 is 0 Å². The second-order valence-corrected chi connectivity index (χ2v) is 4.90. The molecule has 2 saturated heterocycles. The zero-order valence-corrected chi connectivity index (χ0v) is 10.5. The Morgan fingerprint density at radius 1 is 1.25 bits per heavy atom. The Balaban J connectivity index is 1.86. The molecule has 2 aliphatic rings. The fraction of sp³-hybridized carbons (Fsp3) is 0.462. The van der Waals surface area contributed by atoms with Crippen molar-refractivity contribution in [3.8, 4) is 0 Å². The normalized spacial score (nSPS) is 26.4. The minimum absolute atomic E-state index is 0.159. The molecule has 2 heterocycles. The van der Waals surface area contributed by atoms with Crippen molar-refractivity contribution in [3.05, 3.63) is 29.8 Å². The first-order valence-corrected chi connectivity index (χ1v) is 6.34. The molecule has 1 aromatic carbocycles. The molecule has 7 heteroatoms. The van der Waals surface area contributed by atoms with Crippen LogP contribution in [0.15, 0.2) is 24.3 Å². The molecule has 2 aliphatic heterocycles. The molecular weight excluding hydrogens is 273 g/mol. The van der Waals surface area contributed by atoms with Crippen LogP contribution in [-0.4, -0.2) is 31.3 Å². The molecular formula is C13H13F3N2O2. The highest BCUT2D eigenvalue weighted by atomic mass is 19.4. The van der Waals surface area contributed by atoms with Crippen molar-refractivity contribution in [2.24, 2.45) is 0 Å². The molecule has 1 amide bonds. The second-order valence-electron chi connectivity index (χ2n) is 4.90. The first-order chi connectivity index (χ1) is 9.47. The molecule has 1 N–H and O–H groups in total. The third-order valence-corrected chi connectivity index (χ3v) is 3.64. The molecule has 0 radical (unpaired) electrons. The Kier molecular flexibility index (Phi) is 3.08. The van der Waals surface area contributed by atoms with Crippen LogP contribution in [0.4, 0.5) is 23.7 Å². The summed E-state index contributed by atoms with van der Waals surface area (Å²) in [6.07, 6.45) is -4.35. The van der Waals surface area contributed by atoms with Gasteiger partial charge >= 0.3 is 12.3 Å². The number of nitrogens with one attached hydrogen (secondary N) is 1. The number of fused-ring (bicyclic) bond motifs is 1. The molecule has 1 aromatic rings. The number of ether oxygens (including phenoxy) is 1. The Hall–Kier alpha value is -1.76. The summed E-state index contributed by atoms with van der Waals surface area (Å²) in [4.78, 5) is 13.3. The van der Waals surface area contributed by atoms with Crippen molar-refractivity contribution in [3.63, 3.8) is 0 Å². The summed E-state index contributed by atoms with van der Waals surface area (Å²) in [5.41, 5.74) is -0.300. The van der Waals surface area contributed by atoms with Gasteiger partial charge in [0.15, 0.2) is 0 Å². The van der Waals surface area contributed by atoms with Gasteiger partial charge in [-0.1, -0.05) is 0 Å². The zero-order chi connectivity index (χ0) is 14.3. The van der Waals surface area contributed by atoms with Crippen LogP contribution in [-0.2, 0) is 10.9 Å². The quantitative estimate of drug-likeness (QED) is 0.862. The Bertz CT molecular complexity index is 515. The van der Waals surface area contributed by atoms with Crippen LogP contribution in [0.25, 0.3) is 0 Å². The van der Waals surface area contributed by atoms with Gasteiger partial charge < -0.3 is 10.1 Å². The van der Waals surface area contributed by atoms with Crippen molar-refractivity contribution >= 4 is 11.8 Å². The van der Waals surface area contributed by atoms with Gasteiger partial charge in [0.05, 0.1) is 11.6 Å². The number of piperidine rings is 1. The predicted octanol–water partition coefficient (Wildman–Crippen LogP) is 2.39. The van der Waals surface area contributed by atoms with E-state index in [4.69, 9.17) is 4.74 Å². The highest BCUT2D eigenvalue weighted by Gasteiger charge is 2.43. The third-order valence-electron chi connectivity index (χ3n) is 3.64.